The average Bonchev–Trinajstić information content (AvgIpc) is 2.67. The quantitative estimate of drug-likeness (QED) is 0.333. The molecule has 0 aliphatic heterocycles. The molecule has 28 heavy (non-hydrogen) atoms. The van der Waals surface area contributed by atoms with Gasteiger partial charge in [0.2, 0.25) is 0 Å². The third-order valence-corrected chi connectivity index (χ3v) is 4.41. The number of nitriles is 1. The van der Waals surface area contributed by atoms with Gasteiger partial charge in [0.1, 0.15) is 17.4 Å². The van der Waals surface area contributed by atoms with Crippen LogP contribution in [0.3, 0.4) is 0 Å². The van der Waals surface area contributed by atoms with Crippen LogP contribution in [0.15, 0.2) is 57.0 Å². The maximum atomic E-state index is 12.4. The van der Waals surface area contributed by atoms with Gasteiger partial charge in [-0.1, -0.05) is 31.9 Å². The van der Waals surface area contributed by atoms with Crippen LogP contribution in [0.25, 0.3) is 6.08 Å². The number of esters is 1. The molecule has 0 unspecified atom stereocenters. The number of halogens is 2. The van der Waals surface area contributed by atoms with Crippen molar-refractivity contribution in [2.75, 3.05) is 18.5 Å². The SMILES string of the molecule is CCOC(=O)COc1ccc(Br)cc1/C=C(\C#N)C(=O)Nc1ccc(Br)cc1. The third-order valence-electron chi connectivity index (χ3n) is 3.39. The topological polar surface area (TPSA) is 88.4 Å². The lowest BCUT2D eigenvalue weighted by Gasteiger charge is -2.10. The molecule has 0 radical (unpaired) electrons. The van der Waals surface area contributed by atoms with Gasteiger partial charge in [0, 0.05) is 20.2 Å². The Morgan fingerprint density at radius 1 is 1.14 bits per heavy atom. The van der Waals surface area contributed by atoms with Crippen LogP contribution in [0.4, 0.5) is 5.69 Å². The first-order valence-electron chi connectivity index (χ1n) is 8.19. The molecule has 2 aromatic rings. The van der Waals surface area contributed by atoms with E-state index in [1.807, 2.05) is 6.07 Å². The van der Waals surface area contributed by atoms with Crippen LogP contribution in [0.1, 0.15) is 12.5 Å². The van der Waals surface area contributed by atoms with Crippen molar-refractivity contribution >= 4 is 55.5 Å². The highest BCUT2D eigenvalue weighted by molar-refractivity contribution is 9.10. The monoisotopic (exact) mass is 506 g/mol. The van der Waals surface area contributed by atoms with E-state index in [-0.39, 0.29) is 18.8 Å². The number of rotatable bonds is 7. The summed E-state index contributed by atoms with van der Waals surface area (Å²) >= 11 is 6.67. The maximum Gasteiger partial charge on any atom is 0.344 e. The molecule has 0 heterocycles. The summed E-state index contributed by atoms with van der Waals surface area (Å²) in [7, 11) is 0. The Bertz CT molecular complexity index is 934. The summed E-state index contributed by atoms with van der Waals surface area (Å²) in [5.41, 5.74) is 0.922. The summed E-state index contributed by atoms with van der Waals surface area (Å²) < 4.78 is 11.9. The average molecular weight is 508 g/mol. The summed E-state index contributed by atoms with van der Waals surface area (Å²) in [6.07, 6.45) is 1.40. The summed E-state index contributed by atoms with van der Waals surface area (Å²) in [6, 6.07) is 13.9. The van der Waals surface area contributed by atoms with E-state index in [2.05, 4.69) is 37.2 Å². The molecule has 2 rings (SSSR count). The number of ether oxygens (including phenoxy) is 2. The summed E-state index contributed by atoms with van der Waals surface area (Å²) in [6.45, 7) is 1.68. The van der Waals surface area contributed by atoms with Gasteiger partial charge in [-0.2, -0.15) is 5.26 Å². The highest BCUT2D eigenvalue weighted by Crippen LogP contribution is 2.26. The number of hydrogen-bond donors (Lipinski definition) is 1. The van der Waals surface area contributed by atoms with Crippen molar-refractivity contribution in [1.82, 2.24) is 0 Å². The molecule has 1 amide bonds. The van der Waals surface area contributed by atoms with Gasteiger partial charge >= 0.3 is 5.97 Å². The number of nitrogens with one attached hydrogen (secondary N) is 1. The molecule has 0 aliphatic rings. The highest BCUT2D eigenvalue weighted by Gasteiger charge is 2.13. The van der Waals surface area contributed by atoms with E-state index in [1.165, 1.54) is 6.08 Å². The first-order valence-corrected chi connectivity index (χ1v) is 9.78. The summed E-state index contributed by atoms with van der Waals surface area (Å²) in [4.78, 5) is 24.0. The van der Waals surface area contributed by atoms with Crippen LogP contribution in [0.2, 0.25) is 0 Å². The minimum absolute atomic E-state index is 0.109. The number of carbonyl (C=O) groups is 2. The van der Waals surface area contributed by atoms with Crippen LogP contribution in [-0.4, -0.2) is 25.1 Å². The Kier molecular flexibility index (Phi) is 8.23. The van der Waals surface area contributed by atoms with Crippen molar-refractivity contribution in [2.45, 2.75) is 6.92 Å². The summed E-state index contributed by atoms with van der Waals surface area (Å²) in [5.74, 6) is -0.713. The van der Waals surface area contributed by atoms with Gasteiger partial charge in [-0.25, -0.2) is 4.79 Å². The second-order valence-corrected chi connectivity index (χ2v) is 7.24. The minimum Gasteiger partial charge on any atom is -0.481 e. The molecule has 0 atom stereocenters. The number of amides is 1. The Morgan fingerprint density at radius 3 is 2.46 bits per heavy atom. The predicted molar refractivity (Wildman–Crippen MR) is 113 cm³/mol. The molecule has 8 heteroatoms. The molecule has 144 valence electrons. The van der Waals surface area contributed by atoms with Gasteiger partial charge in [0.25, 0.3) is 5.91 Å². The molecule has 0 fully saturated rings. The van der Waals surface area contributed by atoms with Crippen LogP contribution in [0.5, 0.6) is 5.75 Å². The van der Waals surface area contributed by atoms with E-state index < -0.39 is 11.9 Å². The third kappa shape index (κ3) is 6.51. The molecule has 0 spiro atoms. The molecular weight excluding hydrogens is 492 g/mol. The number of anilines is 1. The number of nitrogens with zero attached hydrogens (tertiary/aromatic N) is 1. The second-order valence-electron chi connectivity index (χ2n) is 5.41. The Labute approximate surface area is 179 Å². The Morgan fingerprint density at radius 2 is 1.82 bits per heavy atom. The maximum absolute atomic E-state index is 12.4. The van der Waals surface area contributed by atoms with E-state index in [0.717, 1.165) is 8.95 Å². The van der Waals surface area contributed by atoms with Gasteiger partial charge in [-0.05, 0) is 55.5 Å². The van der Waals surface area contributed by atoms with Crippen molar-refractivity contribution in [1.29, 1.82) is 5.26 Å². The summed E-state index contributed by atoms with van der Waals surface area (Å²) in [5, 5.41) is 12.1. The zero-order valence-corrected chi connectivity index (χ0v) is 18.0. The molecule has 6 nitrogen and oxygen atoms in total. The van der Waals surface area contributed by atoms with Crippen molar-refractivity contribution < 1.29 is 19.1 Å². The van der Waals surface area contributed by atoms with Crippen molar-refractivity contribution in [3.05, 3.63) is 62.5 Å². The standard InChI is InChI=1S/C20H16Br2N2O4/c1-2-27-19(25)12-28-18-8-5-16(22)10-13(18)9-14(11-23)20(26)24-17-6-3-15(21)4-7-17/h3-10H,2,12H2,1H3,(H,24,26)/b14-9+. The van der Waals surface area contributed by atoms with Gasteiger partial charge < -0.3 is 14.8 Å². The molecule has 1 N–H and O–H groups in total. The normalized spacial score (nSPS) is 10.7. The number of hydrogen-bond acceptors (Lipinski definition) is 5. The van der Waals surface area contributed by atoms with Crippen molar-refractivity contribution in [2.24, 2.45) is 0 Å². The van der Waals surface area contributed by atoms with E-state index in [9.17, 15) is 14.9 Å². The van der Waals surface area contributed by atoms with E-state index >= 15 is 0 Å². The molecule has 0 bridgehead atoms. The Balaban J connectivity index is 2.23. The van der Waals surface area contributed by atoms with E-state index in [0.29, 0.717) is 17.0 Å². The lowest BCUT2D eigenvalue weighted by atomic mass is 10.1. The van der Waals surface area contributed by atoms with Crippen LogP contribution < -0.4 is 10.1 Å². The molecule has 0 aromatic heterocycles. The fourth-order valence-electron chi connectivity index (χ4n) is 2.14. The smallest absolute Gasteiger partial charge is 0.344 e. The van der Waals surface area contributed by atoms with Crippen LogP contribution >= 0.6 is 31.9 Å². The fourth-order valence-corrected chi connectivity index (χ4v) is 2.78. The van der Waals surface area contributed by atoms with Gasteiger partial charge in [0.05, 0.1) is 6.61 Å². The molecule has 2 aromatic carbocycles. The second kappa shape index (κ2) is 10.6. The van der Waals surface area contributed by atoms with Gasteiger partial charge in [-0.3, -0.25) is 4.79 Å². The molecule has 0 aliphatic carbocycles. The van der Waals surface area contributed by atoms with Crippen molar-refractivity contribution in [3.8, 4) is 11.8 Å². The molecular formula is C20H16Br2N2O4. The first-order chi connectivity index (χ1) is 13.4. The Hall–Kier alpha value is -2.63. The molecule has 0 saturated heterocycles. The lowest BCUT2D eigenvalue weighted by Crippen LogP contribution is -2.15. The zero-order valence-electron chi connectivity index (χ0n) is 14.9. The number of carbonyl (C=O) groups excluding carboxylic acids is 2. The van der Waals surface area contributed by atoms with Gasteiger partial charge in [0.15, 0.2) is 6.61 Å². The van der Waals surface area contributed by atoms with E-state index in [4.69, 9.17) is 9.47 Å². The minimum atomic E-state index is -0.554. The predicted octanol–water partition coefficient (Wildman–Crippen LogP) is 4.70. The zero-order chi connectivity index (χ0) is 20.5. The van der Waals surface area contributed by atoms with Crippen molar-refractivity contribution in [3.63, 3.8) is 0 Å². The van der Waals surface area contributed by atoms with Gasteiger partial charge in [-0.15, -0.1) is 0 Å². The molecule has 0 saturated carbocycles. The van der Waals surface area contributed by atoms with Crippen LogP contribution in [-0.2, 0) is 14.3 Å². The first kappa shape index (κ1) is 21.7. The van der Waals surface area contributed by atoms with Crippen LogP contribution in [0, 0.1) is 11.3 Å². The highest BCUT2D eigenvalue weighted by atomic mass is 79.9. The number of benzene rings is 2. The fraction of sp³-hybridized carbons (Fsp3) is 0.150. The lowest BCUT2D eigenvalue weighted by molar-refractivity contribution is -0.145. The largest absolute Gasteiger partial charge is 0.481 e. The van der Waals surface area contributed by atoms with E-state index in [1.54, 1.807) is 49.4 Å².